The molecule has 21 heavy (non-hydrogen) atoms. The standard InChI is InChI=1S/C17H20BrNO2/c1-2-20-16-8-4-6-14(9-10-19)17(16)21-12-13-5-3-7-15(18)11-13/h3-8,11H,2,9-10,12,19H2,1H3. The smallest absolute Gasteiger partial charge is 0.164 e. The zero-order chi connectivity index (χ0) is 15.1. The third-order valence-corrected chi connectivity index (χ3v) is 3.54. The number of halogens is 1. The van der Waals surface area contributed by atoms with Gasteiger partial charge >= 0.3 is 0 Å². The molecule has 4 heteroatoms. The Kier molecular flexibility index (Phi) is 6.08. The van der Waals surface area contributed by atoms with Gasteiger partial charge in [-0.2, -0.15) is 0 Å². The van der Waals surface area contributed by atoms with Crippen molar-refractivity contribution in [1.29, 1.82) is 0 Å². The SMILES string of the molecule is CCOc1cccc(CCN)c1OCc1cccc(Br)c1. The van der Waals surface area contributed by atoms with Crippen molar-refractivity contribution in [2.45, 2.75) is 20.0 Å². The second-order valence-corrected chi connectivity index (χ2v) is 5.55. The molecule has 0 saturated heterocycles. The van der Waals surface area contributed by atoms with E-state index >= 15 is 0 Å². The van der Waals surface area contributed by atoms with Gasteiger partial charge in [0.05, 0.1) is 6.61 Å². The average Bonchev–Trinajstić information content (AvgIpc) is 2.47. The van der Waals surface area contributed by atoms with E-state index in [1.807, 2.05) is 49.4 Å². The van der Waals surface area contributed by atoms with Gasteiger partial charge in [0.25, 0.3) is 0 Å². The van der Waals surface area contributed by atoms with Crippen LogP contribution in [0.15, 0.2) is 46.9 Å². The fourth-order valence-electron chi connectivity index (χ4n) is 2.13. The Labute approximate surface area is 134 Å². The fourth-order valence-corrected chi connectivity index (χ4v) is 2.58. The predicted octanol–water partition coefficient (Wildman–Crippen LogP) is 3.93. The first kappa shape index (κ1) is 15.9. The average molecular weight is 350 g/mol. The number of benzene rings is 2. The van der Waals surface area contributed by atoms with E-state index in [9.17, 15) is 0 Å². The maximum atomic E-state index is 6.01. The second-order valence-electron chi connectivity index (χ2n) is 4.63. The molecule has 0 radical (unpaired) electrons. The van der Waals surface area contributed by atoms with Crippen LogP contribution < -0.4 is 15.2 Å². The Morgan fingerprint density at radius 2 is 1.90 bits per heavy atom. The molecule has 2 aromatic carbocycles. The van der Waals surface area contributed by atoms with E-state index in [0.29, 0.717) is 19.8 Å². The van der Waals surface area contributed by atoms with Gasteiger partial charge in [0.1, 0.15) is 6.61 Å². The number of nitrogens with two attached hydrogens (primary N) is 1. The van der Waals surface area contributed by atoms with Crippen LogP contribution in [-0.4, -0.2) is 13.2 Å². The minimum absolute atomic E-state index is 0.501. The van der Waals surface area contributed by atoms with Crippen LogP contribution in [0.5, 0.6) is 11.5 Å². The molecular formula is C17H20BrNO2. The van der Waals surface area contributed by atoms with Crippen LogP contribution in [0.1, 0.15) is 18.1 Å². The van der Waals surface area contributed by atoms with Crippen molar-refractivity contribution >= 4 is 15.9 Å². The molecule has 0 heterocycles. The van der Waals surface area contributed by atoms with Crippen LogP contribution >= 0.6 is 15.9 Å². The predicted molar refractivity (Wildman–Crippen MR) is 88.8 cm³/mol. The molecule has 3 nitrogen and oxygen atoms in total. The molecule has 0 aliphatic carbocycles. The van der Waals surface area contributed by atoms with Crippen LogP contribution in [0, 0.1) is 0 Å². The number of hydrogen-bond donors (Lipinski definition) is 1. The molecule has 0 amide bonds. The highest BCUT2D eigenvalue weighted by molar-refractivity contribution is 9.10. The van der Waals surface area contributed by atoms with E-state index < -0.39 is 0 Å². The highest BCUT2D eigenvalue weighted by Crippen LogP contribution is 2.32. The Bertz CT molecular complexity index is 563. The summed E-state index contributed by atoms with van der Waals surface area (Å²) in [5.74, 6) is 1.57. The van der Waals surface area contributed by atoms with Crippen LogP contribution in [0.25, 0.3) is 0 Å². The van der Waals surface area contributed by atoms with Gasteiger partial charge in [-0.25, -0.2) is 0 Å². The highest BCUT2D eigenvalue weighted by atomic mass is 79.9. The lowest BCUT2D eigenvalue weighted by Crippen LogP contribution is -2.07. The molecule has 0 aliphatic heterocycles. The van der Waals surface area contributed by atoms with Crippen LogP contribution in [0.2, 0.25) is 0 Å². The van der Waals surface area contributed by atoms with E-state index in [-0.39, 0.29) is 0 Å². The molecule has 2 aromatic rings. The van der Waals surface area contributed by atoms with Crippen molar-refractivity contribution in [1.82, 2.24) is 0 Å². The number of rotatable bonds is 7. The largest absolute Gasteiger partial charge is 0.490 e. The maximum Gasteiger partial charge on any atom is 0.164 e. The molecule has 0 bridgehead atoms. The van der Waals surface area contributed by atoms with Crippen LogP contribution in [0.3, 0.4) is 0 Å². The first-order chi connectivity index (χ1) is 10.2. The Hall–Kier alpha value is -1.52. The van der Waals surface area contributed by atoms with E-state index in [2.05, 4.69) is 15.9 Å². The normalized spacial score (nSPS) is 10.4. The zero-order valence-electron chi connectivity index (χ0n) is 12.1. The fraction of sp³-hybridized carbons (Fsp3) is 0.294. The molecule has 2 N–H and O–H groups in total. The molecule has 2 rings (SSSR count). The minimum Gasteiger partial charge on any atom is -0.490 e. The third-order valence-electron chi connectivity index (χ3n) is 3.05. The monoisotopic (exact) mass is 349 g/mol. The lowest BCUT2D eigenvalue weighted by atomic mass is 10.1. The lowest BCUT2D eigenvalue weighted by molar-refractivity contribution is 0.266. The van der Waals surface area contributed by atoms with Crippen molar-refractivity contribution in [2.75, 3.05) is 13.2 Å². The van der Waals surface area contributed by atoms with Crippen molar-refractivity contribution in [3.8, 4) is 11.5 Å². The van der Waals surface area contributed by atoms with Crippen LogP contribution in [0.4, 0.5) is 0 Å². The molecule has 0 aromatic heterocycles. The molecule has 0 saturated carbocycles. The van der Waals surface area contributed by atoms with Gasteiger partial charge in [0.2, 0.25) is 0 Å². The lowest BCUT2D eigenvalue weighted by Gasteiger charge is -2.16. The van der Waals surface area contributed by atoms with E-state index in [1.165, 1.54) is 0 Å². The van der Waals surface area contributed by atoms with E-state index in [4.69, 9.17) is 15.2 Å². The molecule has 112 valence electrons. The van der Waals surface area contributed by atoms with Gasteiger partial charge < -0.3 is 15.2 Å². The van der Waals surface area contributed by atoms with Crippen molar-refractivity contribution in [2.24, 2.45) is 5.73 Å². The summed E-state index contributed by atoms with van der Waals surface area (Å²) in [6, 6.07) is 14.0. The second kappa shape index (κ2) is 8.05. The summed E-state index contributed by atoms with van der Waals surface area (Å²) in [5.41, 5.74) is 7.87. The maximum absolute atomic E-state index is 6.01. The minimum atomic E-state index is 0.501. The Morgan fingerprint density at radius 3 is 2.62 bits per heavy atom. The summed E-state index contributed by atoms with van der Waals surface area (Å²) in [6.07, 6.45) is 0.773. The number of para-hydroxylation sites is 1. The summed E-state index contributed by atoms with van der Waals surface area (Å²) in [5, 5.41) is 0. The van der Waals surface area contributed by atoms with Crippen molar-refractivity contribution in [3.63, 3.8) is 0 Å². The van der Waals surface area contributed by atoms with Crippen LogP contribution in [-0.2, 0) is 13.0 Å². The molecular weight excluding hydrogens is 330 g/mol. The molecule has 0 aliphatic rings. The van der Waals surface area contributed by atoms with Crippen molar-refractivity contribution in [3.05, 3.63) is 58.1 Å². The first-order valence-corrected chi connectivity index (χ1v) is 7.86. The van der Waals surface area contributed by atoms with Gasteiger partial charge in [0.15, 0.2) is 11.5 Å². The molecule has 0 atom stereocenters. The van der Waals surface area contributed by atoms with Gasteiger partial charge in [0, 0.05) is 4.47 Å². The topological polar surface area (TPSA) is 44.5 Å². The summed E-state index contributed by atoms with van der Waals surface area (Å²) in [6.45, 7) is 3.66. The number of hydrogen-bond acceptors (Lipinski definition) is 3. The van der Waals surface area contributed by atoms with E-state index in [1.54, 1.807) is 0 Å². The third kappa shape index (κ3) is 4.48. The van der Waals surface area contributed by atoms with Crippen molar-refractivity contribution < 1.29 is 9.47 Å². The Morgan fingerprint density at radius 1 is 1.10 bits per heavy atom. The number of ether oxygens (including phenoxy) is 2. The van der Waals surface area contributed by atoms with Gasteiger partial charge in [-0.3, -0.25) is 0 Å². The molecule has 0 fully saturated rings. The van der Waals surface area contributed by atoms with Gasteiger partial charge in [-0.1, -0.05) is 40.2 Å². The summed E-state index contributed by atoms with van der Waals surface area (Å²) < 4.78 is 12.7. The van der Waals surface area contributed by atoms with E-state index in [0.717, 1.165) is 33.5 Å². The quantitative estimate of drug-likeness (QED) is 0.823. The molecule has 0 unspecified atom stereocenters. The molecule has 0 spiro atoms. The highest BCUT2D eigenvalue weighted by Gasteiger charge is 2.11. The van der Waals surface area contributed by atoms with Gasteiger partial charge in [-0.15, -0.1) is 0 Å². The first-order valence-electron chi connectivity index (χ1n) is 7.06. The zero-order valence-corrected chi connectivity index (χ0v) is 13.7. The summed E-state index contributed by atoms with van der Waals surface area (Å²) >= 11 is 3.47. The summed E-state index contributed by atoms with van der Waals surface area (Å²) in [7, 11) is 0. The summed E-state index contributed by atoms with van der Waals surface area (Å²) in [4.78, 5) is 0. The Balaban J connectivity index is 2.20. The van der Waals surface area contributed by atoms with Gasteiger partial charge in [-0.05, 0) is 49.2 Å².